The van der Waals surface area contributed by atoms with Crippen molar-refractivity contribution in [3.8, 4) is 0 Å². The summed E-state index contributed by atoms with van der Waals surface area (Å²) in [5, 5.41) is 0. The highest BCUT2D eigenvalue weighted by Crippen LogP contribution is 2.22. The summed E-state index contributed by atoms with van der Waals surface area (Å²) in [6.07, 6.45) is 11.4. The molecule has 0 aromatic rings. The molecule has 0 saturated carbocycles. The van der Waals surface area contributed by atoms with E-state index < -0.39 is 0 Å². The lowest BCUT2D eigenvalue weighted by molar-refractivity contribution is 0.417. The zero-order valence-corrected chi connectivity index (χ0v) is 6.88. The van der Waals surface area contributed by atoms with Gasteiger partial charge in [0.15, 0.2) is 0 Å². The van der Waals surface area contributed by atoms with Gasteiger partial charge in [-0.2, -0.15) is 0 Å². The Bertz CT molecular complexity index is 142. The van der Waals surface area contributed by atoms with E-state index in [0.717, 1.165) is 11.8 Å². The summed E-state index contributed by atoms with van der Waals surface area (Å²) in [5.41, 5.74) is 0. The Morgan fingerprint density at radius 3 is 2.80 bits per heavy atom. The van der Waals surface area contributed by atoms with Crippen LogP contribution < -0.4 is 0 Å². The van der Waals surface area contributed by atoms with Gasteiger partial charge in [0.25, 0.3) is 0 Å². The minimum absolute atomic E-state index is 0.801. The Balaban J connectivity index is 2.42. The maximum atomic E-state index is 2.33. The Morgan fingerprint density at radius 2 is 2.30 bits per heavy atom. The molecule has 1 rings (SSSR count). The van der Waals surface area contributed by atoms with Crippen molar-refractivity contribution < 1.29 is 0 Å². The number of hydrogen-bond acceptors (Lipinski definition) is 0. The second-order valence-electron chi connectivity index (χ2n) is 3.10. The van der Waals surface area contributed by atoms with Crippen LogP contribution in [-0.4, -0.2) is 0 Å². The number of rotatable bonds is 2. The molecule has 2 unspecified atom stereocenters. The van der Waals surface area contributed by atoms with Crippen molar-refractivity contribution in [2.75, 3.05) is 0 Å². The van der Waals surface area contributed by atoms with Gasteiger partial charge in [-0.1, -0.05) is 44.6 Å². The van der Waals surface area contributed by atoms with Crippen LogP contribution in [0.2, 0.25) is 0 Å². The van der Waals surface area contributed by atoms with Crippen molar-refractivity contribution in [3.63, 3.8) is 0 Å². The molecule has 0 saturated heterocycles. The monoisotopic (exact) mass is 136 g/mol. The second kappa shape index (κ2) is 3.60. The molecule has 0 amide bonds. The van der Waals surface area contributed by atoms with Crippen LogP contribution in [0.3, 0.4) is 0 Å². The number of hydrogen-bond donors (Lipinski definition) is 0. The quantitative estimate of drug-likeness (QED) is 0.547. The predicted octanol–water partition coefficient (Wildman–Crippen LogP) is 3.16. The molecule has 0 nitrogen and oxygen atoms in total. The summed E-state index contributed by atoms with van der Waals surface area (Å²) in [7, 11) is 0. The van der Waals surface area contributed by atoms with Gasteiger partial charge in [0, 0.05) is 0 Å². The second-order valence-corrected chi connectivity index (χ2v) is 3.10. The van der Waals surface area contributed by atoms with Crippen LogP contribution in [0.15, 0.2) is 24.3 Å². The first-order valence-electron chi connectivity index (χ1n) is 4.18. The molecule has 0 heterocycles. The molecule has 0 aromatic carbocycles. The molecule has 0 aliphatic heterocycles. The first-order chi connectivity index (χ1) is 4.84. The molecule has 0 heteroatoms. The van der Waals surface area contributed by atoms with E-state index in [9.17, 15) is 0 Å². The predicted molar refractivity (Wildman–Crippen MR) is 45.8 cm³/mol. The lowest BCUT2D eigenvalue weighted by atomic mass is 9.87. The lowest BCUT2D eigenvalue weighted by Crippen LogP contribution is -2.08. The van der Waals surface area contributed by atoms with Crippen LogP contribution in [0.5, 0.6) is 0 Å². The van der Waals surface area contributed by atoms with Crippen molar-refractivity contribution in [1.29, 1.82) is 0 Å². The van der Waals surface area contributed by atoms with E-state index in [0.29, 0.717) is 0 Å². The van der Waals surface area contributed by atoms with Crippen LogP contribution in [0.1, 0.15) is 26.7 Å². The fourth-order valence-electron chi connectivity index (χ4n) is 1.32. The van der Waals surface area contributed by atoms with E-state index in [-0.39, 0.29) is 0 Å². The van der Waals surface area contributed by atoms with E-state index in [1.54, 1.807) is 0 Å². The molecule has 0 spiro atoms. The third kappa shape index (κ3) is 1.73. The normalized spacial score (nSPS) is 26.8. The van der Waals surface area contributed by atoms with Crippen LogP contribution in [0.25, 0.3) is 0 Å². The fourth-order valence-corrected chi connectivity index (χ4v) is 1.32. The maximum absolute atomic E-state index is 2.33. The molecule has 56 valence electrons. The largest absolute Gasteiger partial charge is 0.0840 e. The molecule has 0 N–H and O–H groups in total. The summed E-state index contributed by atoms with van der Waals surface area (Å²) in [6, 6.07) is 0. The van der Waals surface area contributed by atoms with E-state index >= 15 is 0 Å². The minimum atomic E-state index is 0.801. The van der Waals surface area contributed by atoms with Crippen LogP contribution in [0, 0.1) is 11.8 Å². The van der Waals surface area contributed by atoms with Gasteiger partial charge in [-0.15, -0.1) is 0 Å². The average molecular weight is 136 g/mol. The molecule has 0 aromatic heterocycles. The van der Waals surface area contributed by atoms with Crippen molar-refractivity contribution >= 4 is 0 Å². The van der Waals surface area contributed by atoms with Crippen molar-refractivity contribution in [1.82, 2.24) is 0 Å². The standard InChI is InChI=1S/C10H16/c1-3-9(2)10-7-5-4-6-8-10/h4-7,9-10H,3,8H2,1-2H3. The lowest BCUT2D eigenvalue weighted by Gasteiger charge is -2.19. The fraction of sp³-hybridized carbons (Fsp3) is 0.600. The van der Waals surface area contributed by atoms with Gasteiger partial charge >= 0.3 is 0 Å². The molecule has 0 radical (unpaired) electrons. The Kier molecular flexibility index (Phi) is 2.73. The third-order valence-electron chi connectivity index (χ3n) is 2.39. The highest BCUT2D eigenvalue weighted by molar-refractivity contribution is 5.11. The van der Waals surface area contributed by atoms with Gasteiger partial charge in [-0.25, -0.2) is 0 Å². The van der Waals surface area contributed by atoms with E-state index in [2.05, 4.69) is 38.2 Å². The smallest absolute Gasteiger partial charge is 0.0170 e. The third-order valence-corrected chi connectivity index (χ3v) is 2.39. The van der Waals surface area contributed by atoms with Crippen LogP contribution >= 0.6 is 0 Å². The highest BCUT2D eigenvalue weighted by atomic mass is 14.2. The van der Waals surface area contributed by atoms with Gasteiger partial charge in [0.05, 0.1) is 0 Å². The van der Waals surface area contributed by atoms with Gasteiger partial charge in [-0.05, 0) is 18.3 Å². The van der Waals surface area contributed by atoms with Crippen LogP contribution in [-0.2, 0) is 0 Å². The van der Waals surface area contributed by atoms with Crippen molar-refractivity contribution in [2.45, 2.75) is 26.7 Å². The molecule has 1 aliphatic carbocycles. The molecule has 0 bridgehead atoms. The van der Waals surface area contributed by atoms with Crippen molar-refractivity contribution in [2.24, 2.45) is 11.8 Å². The SMILES string of the molecule is CCC(C)C1C=CC=CC1. The first kappa shape index (κ1) is 7.59. The molecular formula is C10H16. The van der Waals surface area contributed by atoms with Crippen LogP contribution in [0.4, 0.5) is 0 Å². The molecule has 10 heavy (non-hydrogen) atoms. The Labute approximate surface area is 63.6 Å². The van der Waals surface area contributed by atoms with Gasteiger partial charge in [-0.3, -0.25) is 0 Å². The van der Waals surface area contributed by atoms with E-state index in [4.69, 9.17) is 0 Å². The average Bonchev–Trinajstić information content (AvgIpc) is 2.05. The highest BCUT2D eigenvalue weighted by Gasteiger charge is 2.11. The zero-order valence-electron chi connectivity index (χ0n) is 6.88. The molecular weight excluding hydrogens is 120 g/mol. The zero-order chi connectivity index (χ0) is 7.40. The number of allylic oxidation sites excluding steroid dienone is 4. The van der Waals surface area contributed by atoms with Gasteiger partial charge in [0.2, 0.25) is 0 Å². The van der Waals surface area contributed by atoms with Gasteiger partial charge in [0.1, 0.15) is 0 Å². The Morgan fingerprint density at radius 1 is 1.50 bits per heavy atom. The molecule has 2 atom stereocenters. The summed E-state index contributed by atoms with van der Waals surface area (Å²) in [5.74, 6) is 1.65. The van der Waals surface area contributed by atoms with Crippen molar-refractivity contribution in [3.05, 3.63) is 24.3 Å². The van der Waals surface area contributed by atoms with Gasteiger partial charge < -0.3 is 0 Å². The minimum Gasteiger partial charge on any atom is -0.0840 e. The topological polar surface area (TPSA) is 0 Å². The Hall–Kier alpha value is -0.520. The summed E-state index contributed by atoms with van der Waals surface area (Å²) in [6.45, 7) is 4.59. The first-order valence-corrected chi connectivity index (χ1v) is 4.18. The summed E-state index contributed by atoms with van der Waals surface area (Å²) >= 11 is 0. The van der Waals surface area contributed by atoms with E-state index in [1.807, 2.05) is 0 Å². The van der Waals surface area contributed by atoms with E-state index in [1.165, 1.54) is 12.8 Å². The molecule has 1 aliphatic rings. The maximum Gasteiger partial charge on any atom is -0.0170 e. The molecule has 0 fully saturated rings. The summed E-state index contributed by atoms with van der Waals surface area (Å²) < 4.78 is 0. The summed E-state index contributed by atoms with van der Waals surface area (Å²) in [4.78, 5) is 0.